The van der Waals surface area contributed by atoms with Crippen molar-refractivity contribution in [2.75, 3.05) is 52.9 Å². The maximum Gasteiger partial charge on any atom is 0.253 e. The van der Waals surface area contributed by atoms with E-state index < -0.39 is 0 Å². The Morgan fingerprint density at radius 1 is 1.03 bits per heavy atom. The highest BCUT2D eigenvalue weighted by atomic mass is 16.5. The minimum absolute atomic E-state index is 0.141. The van der Waals surface area contributed by atoms with Crippen molar-refractivity contribution in [2.24, 2.45) is 5.92 Å². The summed E-state index contributed by atoms with van der Waals surface area (Å²) >= 11 is 0. The maximum atomic E-state index is 13.0. The van der Waals surface area contributed by atoms with Gasteiger partial charge < -0.3 is 14.5 Å². The van der Waals surface area contributed by atoms with Gasteiger partial charge in [-0.15, -0.1) is 0 Å². The predicted molar refractivity (Wildman–Crippen MR) is 122 cm³/mol. The van der Waals surface area contributed by atoms with Crippen LogP contribution in [-0.4, -0.2) is 79.6 Å². The van der Waals surface area contributed by atoms with Crippen molar-refractivity contribution >= 4 is 16.7 Å². The molecule has 5 heteroatoms. The normalized spacial score (nSPS) is 21.3. The lowest BCUT2D eigenvalue weighted by atomic mass is 9.99. The summed E-state index contributed by atoms with van der Waals surface area (Å²) in [6, 6.07) is 12.8. The number of piperazine rings is 1. The molecular weight excluding hydrogens is 374 g/mol. The number of fused-ring (bicyclic) bond motifs is 1. The summed E-state index contributed by atoms with van der Waals surface area (Å²) in [5, 5.41) is 2.21. The molecule has 162 valence electrons. The quantitative estimate of drug-likeness (QED) is 0.754. The van der Waals surface area contributed by atoms with Crippen LogP contribution in [0.5, 0.6) is 5.75 Å². The molecule has 1 amide bonds. The minimum atomic E-state index is 0.141. The zero-order valence-electron chi connectivity index (χ0n) is 18.6. The zero-order valence-corrected chi connectivity index (χ0v) is 18.6. The molecule has 4 rings (SSSR count). The Morgan fingerprint density at radius 2 is 1.77 bits per heavy atom. The Morgan fingerprint density at radius 3 is 2.50 bits per heavy atom. The first-order valence-corrected chi connectivity index (χ1v) is 11.4. The highest BCUT2D eigenvalue weighted by Gasteiger charge is 2.23. The van der Waals surface area contributed by atoms with Crippen LogP contribution in [0.2, 0.25) is 0 Å². The van der Waals surface area contributed by atoms with Crippen LogP contribution < -0.4 is 4.74 Å². The third kappa shape index (κ3) is 4.96. The van der Waals surface area contributed by atoms with Crippen LogP contribution in [0.4, 0.5) is 0 Å². The molecule has 2 aliphatic rings. The molecule has 2 saturated heterocycles. The molecule has 1 unspecified atom stereocenters. The third-order valence-corrected chi connectivity index (χ3v) is 6.60. The fraction of sp³-hybridized carbons (Fsp3) is 0.560. The minimum Gasteiger partial charge on any atom is -0.493 e. The molecule has 0 spiro atoms. The highest BCUT2D eigenvalue weighted by Crippen LogP contribution is 2.24. The van der Waals surface area contributed by atoms with Crippen LogP contribution in [0, 0.1) is 5.92 Å². The van der Waals surface area contributed by atoms with Crippen molar-refractivity contribution in [3.63, 3.8) is 0 Å². The van der Waals surface area contributed by atoms with Crippen molar-refractivity contribution in [2.45, 2.75) is 32.7 Å². The van der Waals surface area contributed by atoms with E-state index >= 15 is 0 Å². The third-order valence-electron chi connectivity index (χ3n) is 6.60. The Kier molecular flexibility index (Phi) is 6.59. The number of nitrogens with zero attached hydrogens (tertiary/aromatic N) is 3. The van der Waals surface area contributed by atoms with E-state index in [1.807, 2.05) is 29.2 Å². The number of hydrogen-bond acceptors (Lipinski definition) is 4. The van der Waals surface area contributed by atoms with E-state index in [2.05, 4.69) is 42.8 Å². The SMILES string of the molecule is CC(C)N1CCN(C(=O)c2ccc3cc(OCC4CCCN(C)C4)ccc3c2)CC1. The molecule has 0 N–H and O–H groups in total. The molecule has 1 atom stereocenters. The second-order valence-corrected chi connectivity index (χ2v) is 9.23. The summed E-state index contributed by atoms with van der Waals surface area (Å²) in [6.07, 6.45) is 2.50. The summed E-state index contributed by atoms with van der Waals surface area (Å²) in [6.45, 7) is 11.0. The number of likely N-dealkylation sites (tertiary alicyclic amines) is 1. The van der Waals surface area contributed by atoms with Gasteiger partial charge in [0.2, 0.25) is 0 Å². The zero-order chi connectivity index (χ0) is 21.1. The number of ether oxygens (including phenoxy) is 1. The van der Waals surface area contributed by atoms with Gasteiger partial charge in [0.15, 0.2) is 0 Å². The molecule has 2 heterocycles. The second kappa shape index (κ2) is 9.36. The smallest absolute Gasteiger partial charge is 0.253 e. The van der Waals surface area contributed by atoms with Crippen LogP contribution in [-0.2, 0) is 0 Å². The van der Waals surface area contributed by atoms with Crippen LogP contribution in [0.25, 0.3) is 10.8 Å². The molecular formula is C25H35N3O2. The maximum absolute atomic E-state index is 13.0. The molecule has 2 aromatic carbocycles. The number of hydrogen-bond donors (Lipinski definition) is 0. The molecule has 30 heavy (non-hydrogen) atoms. The molecule has 0 aliphatic carbocycles. The van der Waals surface area contributed by atoms with E-state index in [0.29, 0.717) is 12.0 Å². The van der Waals surface area contributed by atoms with E-state index in [1.165, 1.54) is 19.4 Å². The number of rotatable bonds is 5. The first-order valence-electron chi connectivity index (χ1n) is 11.4. The summed E-state index contributed by atoms with van der Waals surface area (Å²) in [4.78, 5) is 19.8. The number of benzene rings is 2. The van der Waals surface area contributed by atoms with Gasteiger partial charge in [-0.05, 0) is 75.3 Å². The molecule has 0 radical (unpaired) electrons. The van der Waals surface area contributed by atoms with Crippen LogP contribution in [0.3, 0.4) is 0 Å². The predicted octanol–water partition coefficient (Wildman–Crippen LogP) is 3.73. The standard InChI is InChI=1S/C25H35N3O2/c1-19(2)27-11-13-28(14-12-27)25(29)23-7-6-22-16-24(9-8-21(22)15-23)30-18-20-5-4-10-26(3)17-20/h6-9,15-16,19-20H,4-5,10-14,17-18H2,1-3H3. The summed E-state index contributed by atoms with van der Waals surface area (Å²) < 4.78 is 6.10. The average Bonchev–Trinajstić information content (AvgIpc) is 2.77. The van der Waals surface area contributed by atoms with Crippen LogP contribution in [0.1, 0.15) is 37.0 Å². The lowest BCUT2D eigenvalue weighted by Crippen LogP contribution is -2.50. The molecule has 2 aromatic rings. The molecule has 0 saturated carbocycles. The molecule has 0 aromatic heterocycles. The number of carbonyl (C=O) groups is 1. The first kappa shape index (κ1) is 21.1. The lowest BCUT2D eigenvalue weighted by molar-refractivity contribution is 0.0595. The van der Waals surface area contributed by atoms with Gasteiger partial charge in [0.05, 0.1) is 6.61 Å². The Labute approximate surface area is 180 Å². The van der Waals surface area contributed by atoms with Gasteiger partial charge >= 0.3 is 0 Å². The first-order chi connectivity index (χ1) is 14.5. The average molecular weight is 410 g/mol. The Bertz CT molecular complexity index is 874. The molecule has 2 fully saturated rings. The van der Waals surface area contributed by atoms with Crippen molar-refractivity contribution in [3.8, 4) is 5.75 Å². The van der Waals surface area contributed by atoms with Crippen LogP contribution in [0.15, 0.2) is 36.4 Å². The largest absolute Gasteiger partial charge is 0.493 e. The van der Waals surface area contributed by atoms with Crippen LogP contribution >= 0.6 is 0 Å². The summed E-state index contributed by atoms with van der Waals surface area (Å²) in [5.74, 6) is 1.66. The van der Waals surface area contributed by atoms with E-state index in [-0.39, 0.29) is 5.91 Å². The second-order valence-electron chi connectivity index (χ2n) is 9.23. The molecule has 2 aliphatic heterocycles. The van der Waals surface area contributed by atoms with Gasteiger partial charge in [-0.2, -0.15) is 0 Å². The summed E-state index contributed by atoms with van der Waals surface area (Å²) in [7, 11) is 2.19. The molecule has 0 bridgehead atoms. The van der Waals surface area contributed by atoms with Gasteiger partial charge in [0.25, 0.3) is 5.91 Å². The van der Waals surface area contributed by atoms with E-state index in [1.54, 1.807) is 0 Å². The van der Waals surface area contributed by atoms with Crippen molar-refractivity contribution in [1.29, 1.82) is 0 Å². The van der Waals surface area contributed by atoms with Crippen molar-refractivity contribution in [1.82, 2.24) is 14.7 Å². The van der Waals surface area contributed by atoms with E-state index in [9.17, 15) is 4.79 Å². The summed E-state index contributed by atoms with van der Waals surface area (Å²) in [5.41, 5.74) is 0.777. The monoisotopic (exact) mass is 409 g/mol. The van der Waals surface area contributed by atoms with Gasteiger partial charge in [-0.25, -0.2) is 0 Å². The Hall–Kier alpha value is -2.11. The molecule has 5 nitrogen and oxygen atoms in total. The van der Waals surface area contributed by atoms with Gasteiger partial charge in [0, 0.05) is 50.2 Å². The van der Waals surface area contributed by atoms with Crippen molar-refractivity contribution < 1.29 is 9.53 Å². The topological polar surface area (TPSA) is 36.0 Å². The fourth-order valence-electron chi connectivity index (χ4n) is 4.69. The van der Waals surface area contributed by atoms with Gasteiger partial charge in [-0.3, -0.25) is 9.69 Å². The number of amides is 1. The van der Waals surface area contributed by atoms with Gasteiger partial charge in [-0.1, -0.05) is 12.1 Å². The fourth-order valence-corrected chi connectivity index (χ4v) is 4.69. The van der Waals surface area contributed by atoms with Gasteiger partial charge in [0.1, 0.15) is 5.75 Å². The highest BCUT2D eigenvalue weighted by molar-refractivity contribution is 5.98. The number of piperidine rings is 1. The van der Waals surface area contributed by atoms with E-state index in [0.717, 1.165) is 61.4 Å². The number of carbonyl (C=O) groups excluding carboxylic acids is 1. The lowest BCUT2D eigenvalue weighted by Gasteiger charge is -2.37. The Balaban J connectivity index is 1.38. The van der Waals surface area contributed by atoms with Crippen molar-refractivity contribution in [3.05, 3.63) is 42.0 Å². The van der Waals surface area contributed by atoms with E-state index in [4.69, 9.17) is 4.74 Å².